The summed E-state index contributed by atoms with van der Waals surface area (Å²) in [6.07, 6.45) is -0.380. The van der Waals surface area contributed by atoms with Gasteiger partial charge in [-0.05, 0) is 38.1 Å². The van der Waals surface area contributed by atoms with Gasteiger partial charge in [-0.2, -0.15) is 0 Å². The summed E-state index contributed by atoms with van der Waals surface area (Å²) in [5.74, 6) is -3.40. The van der Waals surface area contributed by atoms with Crippen molar-refractivity contribution >= 4 is 29.3 Å². The molecule has 174 valence electrons. The Morgan fingerprint density at radius 3 is 1.94 bits per heavy atom. The molecule has 2 aromatic rings. The average molecular weight is 454 g/mol. The minimum Gasteiger partial charge on any atom is -0.482 e. The summed E-state index contributed by atoms with van der Waals surface area (Å²) in [5, 5.41) is 7.43. The lowest BCUT2D eigenvalue weighted by Crippen LogP contribution is -2.29. The third-order valence-corrected chi connectivity index (χ3v) is 4.60. The molecule has 0 aliphatic carbocycles. The molecule has 9 nitrogen and oxygen atoms in total. The highest BCUT2D eigenvalue weighted by atomic mass is 16.6. The minimum absolute atomic E-state index is 0.0621. The number of amidine groups is 1. The lowest BCUT2D eigenvalue weighted by Gasteiger charge is -2.15. The molecule has 0 bridgehead atoms. The normalized spacial score (nSPS) is 11.2. The molecular weight excluding hydrogens is 428 g/mol. The van der Waals surface area contributed by atoms with Gasteiger partial charge in [0.2, 0.25) is 0 Å². The van der Waals surface area contributed by atoms with Crippen molar-refractivity contribution in [3.8, 4) is 5.75 Å². The van der Waals surface area contributed by atoms with E-state index < -0.39 is 29.4 Å². The Balaban J connectivity index is 2.13. The topological polar surface area (TPSA) is 146 Å². The smallest absolute Gasteiger partial charge is 0.344 e. The maximum Gasteiger partial charge on any atom is 0.344 e. The van der Waals surface area contributed by atoms with Crippen LogP contribution >= 0.6 is 0 Å². The Hall–Kier alpha value is -4.01. The van der Waals surface area contributed by atoms with Gasteiger partial charge in [0.05, 0.1) is 13.2 Å². The van der Waals surface area contributed by atoms with Crippen LogP contribution in [0.3, 0.4) is 0 Å². The van der Waals surface area contributed by atoms with E-state index in [4.69, 9.17) is 25.4 Å². The van der Waals surface area contributed by atoms with E-state index in [1.54, 1.807) is 13.8 Å². The number of nitrogen functional groups attached to an aromatic ring is 1. The zero-order valence-electron chi connectivity index (χ0n) is 18.5. The second-order valence-electron chi connectivity index (χ2n) is 6.91. The van der Waals surface area contributed by atoms with Crippen molar-refractivity contribution in [2.75, 3.05) is 19.8 Å². The lowest BCUT2D eigenvalue weighted by atomic mass is 9.90. The summed E-state index contributed by atoms with van der Waals surface area (Å²) in [6, 6.07) is 11.9. The SMILES string of the molecule is CCOC(=O)COc1ccc(C(=O)CC(C(=O)OCC)C(=O)c2ccc(C(=N)N)cc2)cc1. The van der Waals surface area contributed by atoms with Gasteiger partial charge in [-0.3, -0.25) is 19.8 Å². The largest absolute Gasteiger partial charge is 0.482 e. The molecule has 0 saturated carbocycles. The molecule has 0 amide bonds. The number of rotatable bonds is 12. The van der Waals surface area contributed by atoms with Crippen LogP contribution in [0.1, 0.15) is 46.5 Å². The number of esters is 2. The second-order valence-corrected chi connectivity index (χ2v) is 6.91. The van der Waals surface area contributed by atoms with E-state index in [0.717, 1.165) is 0 Å². The van der Waals surface area contributed by atoms with Gasteiger partial charge in [-0.25, -0.2) is 4.79 Å². The maximum absolute atomic E-state index is 13.0. The average Bonchev–Trinajstić information content (AvgIpc) is 2.81. The van der Waals surface area contributed by atoms with Crippen LogP contribution in [0.15, 0.2) is 48.5 Å². The summed E-state index contributed by atoms with van der Waals surface area (Å²) in [6.45, 7) is 3.35. The molecule has 0 saturated heterocycles. The van der Waals surface area contributed by atoms with E-state index in [9.17, 15) is 19.2 Å². The Morgan fingerprint density at radius 2 is 1.39 bits per heavy atom. The fourth-order valence-electron chi connectivity index (χ4n) is 2.93. The van der Waals surface area contributed by atoms with Crippen molar-refractivity contribution in [3.05, 3.63) is 65.2 Å². The first kappa shape index (κ1) is 25.3. The highest BCUT2D eigenvalue weighted by molar-refractivity contribution is 6.12. The third kappa shape index (κ3) is 7.27. The van der Waals surface area contributed by atoms with E-state index in [2.05, 4.69) is 0 Å². The zero-order valence-corrected chi connectivity index (χ0v) is 18.5. The molecule has 9 heteroatoms. The number of hydrogen-bond donors (Lipinski definition) is 2. The summed E-state index contributed by atoms with van der Waals surface area (Å²) in [4.78, 5) is 49.6. The quantitative estimate of drug-likeness (QED) is 0.164. The van der Waals surface area contributed by atoms with Crippen LogP contribution in [0.2, 0.25) is 0 Å². The molecule has 0 spiro atoms. The number of nitrogens with one attached hydrogen (secondary N) is 1. The van der Waals surface area contributed by atoms with Crippen LogP contribution in [0, 0.1) is 11.3 Å². The van der Waals surface area contributed by atoms with E-state index in [1.165, 1.54) is 48.5 Å². The molecule has 0 radical (unpaired) electrons. The van der Waals surface area contributed by atoms with Crippen LogP contribution in [0.4, 0.5) is 0 Å². The van der Waals surface area contributed by atoms with Crippen molar-refractivity contribution in [2.45, 2.75) is 20.3 Å². The van der Waals surface area contributed by atoms with E-state index >= 15 is 0 Å². The van der Waals surface area contributed by atoms with Crippen LogP contribution < -0.4 is 10.5 Å². The van der Waals surface area contributed by atoms with E-state index in [-0.39, 0.29) is 43.2 Å². The number of ether oxygens (including phenoxy) is 3. The van der Waals surface area contributed by atoms with Crippen LogP contribution in [0.5, 0.6) is 5.75 Å². The predicted molar refractivity (Wildman–Crippen MR) is 119 cm³/mol. The first-order valence-corrected chi connectivity index (χ1v) is 10.3. The van der Waals surface area contributed by atoms with Crippen molar-refractivity contribution in [1.82, 2.24) is 0 Å². The minimum atomic E-state index is -1.32. The highest BCUT2D eigenvalue weighted by Gasteiger charge is 2.31. The fourth-order valence-corrected chi connectivity index (χ4v) is 2.93. The third-order valence-electron chi connectivity index (χ3n) is 4.60. The summed E-state index contributed by atoms with van der Waals surface area (Å²) in [5.41, 5.74) is 6.33. The molecule has 2 rings (SSSR count). The number of benzene rings is 2. The Bertz CT molecular complexity index is 1010. The first-order chi connectivity index (χ1) is 15.8. The number of hydrogen-bond acceptors (Lipinski definition) is 8. The van der Waals surface area contributed by atoms with Gasteiger partial charge in [0.25, 0.3) is 0 Å². The molecule has 3 N–H and O–H groups in total. The summed E-state index contributed by atoms with van der Waals surface area (Å²) >= 11 is 0. The van der Waals surface area contributed by atoms with Crippen LogP contribution in [-0.4, -0.2) is 49.2 Å². The molecule has 0 heterocycles. The molecule has 0 aliphatic rings. The second kappa shape index (κ2) is 12.1. The van der Waals surface area contributed by atoms with Crippen molar-refractivity contribution in [1.29, 1.82) is 5.41 Å². The monoisotopic (exact) mass is 454 g/mol. The number of nitrogens with two attached hydrogens (primary N) is 1. The lowest BCUT2D eigenvalue weighted by molar-refractivity contribution is -0.146. The molecule has 1 unspecified atom stereocenters. The van der Waals surface area contributed by atoms with Gasteiger partial charge in [0, 0.05) is 23.1 Å². The number of ketones is 2. The fraction of sp³-hybridized carbons (Fsp3) is 0.292. The van der Waals surface area contributed by atoms with Gasteiger partial charge >= 0.3 is 11.9 Å². The molecule has 33 heavy (non-hydrogen) atoms. The molecule has 0 aliphatic heterocycles. The molecule has 0 aromatic heterocycles. The standard InChI is InChI=1S/C24H26N2O7/c1-3-31-21(28)14-33-18-11-9-15(10-12-18)20(27)13-19(24(30)32-4-2)22(29)16-5-7-17(8-6-16)23(25)26/h5-12,19H,3-4,13-14H2,1-2H3,(H3,25,26). The Kier molecular flexibility index (Phi) is 9.29. The van der Waals surface area contributed by atoms with E-state index in [1.807, 2.05) is 0 Å². The van der Waals surface area contributed by atoms with Crippen molar-refractivity contribution in [2.24, 2.45) is 11.7 Å². The molecule has 2 aromatic carbocycles. The van der Waals surface area contributed by atoms with Crippen LogP contribution in [0.25, 0.3) is 0 Å². The highest BCUT2D eigenvalue weighted by Crippen LogP contribution is 2.20. The van der Waals surface area contributed by atoms with Gasteiger partial charge in [-0.15, -0.1) is 0 Å². The predicted octanol–water partition coefficient (Wildman–Crippen LogP) is 2.55. The molecule has 0 fully saturated rings. The number of carbonyl (C=O) groups excluding carboxylic acids is 4. The van der Waals surface area contributed by atoms with Crippen molar-refractivity contribution < 1.29 is 33.4 Å². The number of Topliss-reactive ketones (excluding diaryl/α,β-unsaturated/α-hetero) is 2. The van der Waals surface area contributed by atoms with Gasteiger partial charge < -0.3 is 19.9 Å². The van der Waals surface area contributed by atoms with Gasteiger partial charge in [-0.1, -0.05) is 24.3 Å². The van der Waals surface area contributed by atoms with Crippen molar-refractivity contribution in [3.63, 3.8) is 0 Å². The zero-order chi connectivity index (χ0) is 24.4. The maximum atomic E-state index is 13.0. The number of carbonyl (C=O) groups is 4. The van der Waals surface area contributed by atoms with Gasteiger partial charge in [0.1, 0.15) is 17.5 Å². The van der Waals surface area contributed by atoms with Gasteiger partial charge in [0.15, 0.2) is 18.2 Å². The molecule has 1 atom stereocenters. The Morgan fingerprint density at radius 1 is 0.848 bits per heavy atom. The van der Waals surface area contributed by atoms with Crippen LogP contribution in [-0.2, 0) is 19.1 Å². The summed E-state index contributed by atoms with van der Waals surface area (Å²) in [7, 11) is 0. The first-order valence-electron chi connectivity index (χ1n) is 10.3. The summed E-state index contributed by atoms with van der Waals surface area (Å²) < 4.78 is 15.1. The Labute approximate surface area is 191 Å². The van der Waals surface area contributed by atoms with E-state index in [0.29, 0.717) is 11.3 Å². The molecular formula is C24H26N2O7.